The molecule has 1 aliphatic rings. The summed E-state index contributed by atoms with van der Waals surface area (Å²) in [5, 5.41) is 9.85. The van der Waals surface area contributed by atoms with E-state index in [1.165, 1.54) is 4.90 Å². The predicted molar refractivity (Wildman–Crippen MR) is 72.5 cm³/mol. The van der Waals surface area contributed by atoms with Gasteiger partial charge < -0.3 is 14.7 Å². The average Bonchev–Trinajstić information content (AvgIpc) is 2.79. The fourth-order valence-corrected chi connectivity index (χ4v) is 2.23. The minimum atomic E-state index is -0.540. The van der Waals surface area contributed by atoms with Gasteiger partial charge in [-0.25, -0.2) is 4.79 Å². The molecule has 0 bridgehead atoms. The van der Waals surface area contributed by atoms with Crippen molar-refractivity contribution in [3.8, 4) is 0 Å². The molecule has 1 aromatic carbocycles. The minimum Gasteiger partial charge on any atom is -0.445 e. The molecule has 1 amide bonds. The van der Waals surface area contributed by atoms with E-state index in [0.717, 1.165) is 11.1 Å². The number of hydrogen-bond acceptors (Lipinski definition) is 3. The van der Waals surface area contributed by atoms with Gasteiger partial charge in [0.2, 0.25) is 0 Å². The first-order valence-corrected chi connectivity index (χ1v) is 6.37. The fraction of sp³-hybridized carbons (Fsp3) is 0.400. The third-order valence-corrected chi connectivity index (χ3v) is 3.39. The monoisotopic (exact) mass is 261 g/mol. The van der Waals surface area contributed by atoms with Crippen LogP contribution in [0.1, 0.15) is 12.5 Å². The SMILES string of the molecule is C=C(C)[C@@H]1CN(C(=O)OCc2ccccc2)C[C@H]1O. The van der Waals surface area contributed by atoms with Crippen molar-refractivity contribution in [2.24, 2.45) is 5.92 Å². The highest BCUT2D eigenvalue weighted by atomic mass is 16.6. The predicted octanol–water partition coefficient (Wildman–Crippen LogP) is 2.19. The standard InChI is InChI=1S/C15H19NO3/c1-11(2)13-8-16(9-14(13)17)15(18)19-10-12-6-4-3-5-7-12/h3-7,13-14,17H,1,8-10H2,2H3/t13-,14+/m0/s1. The first-order chi connectivity index (χ1) is 9.08. The number of carbonyl (C=O) groups is 1. The third kappa shape index (κ3) is 3.35. The van der Waals surface area contributed by atoms with Crippen LogP contribution in [0.4, 0.5) is 4.79 Å². The number of hydrogen-bond donors (Lipinski definition) is 1. The summed E-state index contributed by atoms with van der Waals surface area (Å²) in [6.07, 6.45) is -0.923. The molecule has 2 atom stereocenters. The number of ether oxygens (including phenoxy) is 1. The lowest BCUT2D eigenvalue weighted by Gasteiger charge is -2.16. The van der Waals surface area contributed by atoms with E-state index in [2.05, 4.69) is 6.58 Å². The largest absolute Gasteiger partial charge is 0.445 e. The molecule has 1 aliphatic heterocycles. The molecule has 0 radical (unpaired) electrons. The van der Waals surface area contributed by atoms with Crippen molar-refractivity contribution in [2.75, 3.05) is 13.1 Å². The Kier molecular flexibility index (Phi) is 4.22. The van der Waals surface area contributed by atoms with Crippen LogP contribution >= 0.6 is 0 Å². The number of β-amino-alcohol motifs (C(OH)–C–C–N with tert-alkyl or cyclic N) is 1. The van der Waals surface area contributed by atoms with Crippen LogP contribution in [0, 0.1) is 5.92 Å². The van der Waals surface area contributed by atoms with Crippen LogP contribution in [-0.2, 0) is 11.3 Å². The van der Waals surface area contributed by atoms with Gasteiger partial charge in [-0.1, -0.05) is 42.5 Å². The van der Waals surface area contributed by atoms with E-state index < -0.39 is 6.10 Å². The van der Waals surface area contributed by atoms with Crippen LogP contribution in [0.25, 0.3) is 0 Å². The van der Waals surface area contributed by atoms with Crippen molar-refractivity contribution in [1.82, 2.24) is 4.90 Å². The van der Waals surface area contributed by atoms with Crippen molar-refractivity contribution < 1.29 is 14.6 Å². The Morgan fingerprint density at radius 1 is 1.42 bits per heavy atom. The highest BCUT2D eigenvalue weighted by Crippen LogP contribution is 2.23. The first kappa shape index (κ1) is 13.6. The maximum absolute atomic E-state index is 11.9. The summed E-state index contributed by atoms with van der Waals surface area (Å²) in [6.45, 7) is 6.74. The number of benzene rings is 1. The number of rotatable bonds is 3. The lowest BCUT2D eigenvalue weighted by atomic mass is 9.99. The molecule has 19 heavy (non-hydrogen) atoms. The van der Waals surface area contributed by atoms with Crippen molar-refractivity contribution in [3.05, 3.63) is 48.0 Å². The molecule has 4 nitrogen and oxygen atoms in total. The van der Waals surface area contributed by atoms with Gasteiger partial charge in [0.05, 0.1) is 12.6 Å². The zero-order chi connectivity index (χ0) is 13.8. The van der Waals surface area contributed by atoms with Gasteiger partial charge in [0, 0.05) is 12.5 Å². The Labute approximate surface area is 113 Å². The number of aliphatic hydroxyl groups excluding tert-OH is 1. The number of aliphatic hydroxyl groups is 1. The van der Waals surface area contributed by atoms with Crippen molar-refractivity contribution >= 4 is 6.09 Å². The summed E-state index contributed by atoms with van der Waals surface area (Å²) in [5.74, 6) is -0.0516. The summed E-state index contributed by atoms with van der Waals surface area (Å²) in [4.78, 5) is 13.4. The van der Waals surface area contributed by atoms with Crippen LogP contribution in [-0.4, -0.2) is 35.3 Å². The molecular formula is C15H19NO3. The number of carbonyl (C=O) groups excluding carboxylic acids is 1. The van der Waals surface area contributed by atoms with Crippen LogP contribution < -0.4 is 0 Å². The van der Waals surface area contributed by atoms with E-state index in [4.69, 9.17) is 4.74 Å². The molecule has 102 valence electrons. The number of amides is 1. The smallest absolute Gasteiger partial charge is 0.410 e. The lowest BCUT2D eigenvalue weighted by molar-refractivity contribution is 0.0969. The molecule has 1 N–H and O–H groups in total. The molecular weight excluding hydrogens is 242 g/mol. The first-order valence-electron chi connectivity index (χ1n) is 6.37. The van der Waals surface area contributed by atoms with Gasteiger partial charge >= 0.3 is 6.09 Å². The molecule has 0 aliphatic carbocycles. The molecule has 1 saturated heterocycles. The van der Waals surface area contributed by atoms with Gasteiger partial charge in [-0.2, -0.15) is 0 Å². The summed E-state index contributed by atoms with van der Waals surface area (Å²) in [6, 6.07) is 9.53. The Morgan fingerprint density at radius 2 is 2.11 bits per heavy atom. The van der Waals surface area contributed by atoms with Crippen molar-refractivity contribution in [1.29, 1.82) is 0 Å². The van der Waals surface area contributed by atoms with E-state index in [1.54, 1.807) is 0 Å². The highest BCUT2D eigenvalue weighted by Gasteiger charge is 2.35. The minimum absolute atomic E-state index is 0.0516. The van der Waals surface area contributed by atoms with Gasteiger partial charge in [0.15, 0.2) is 0 Å². The van der Waals surface area contributed by atoms with Crippen molar-refractivity contribution in [3.63, 3.8) is 0 Å². The van der Waals surface area contributed by atoms with Gasteiger partial charge in [0.25, 0.3) is 0 Å². The van der Waals surface area contributed by atoms with Crippen LogP contribution in [0.15, 0.2) is 42.5 Å². The normalized spacial score (nSPS) is 22.3. The highest BCUT2D eigenvalue weighted by molar-refractivity contribution is 5.68. The number of nitrogens with zero attached hydrogens (tertiary/aromatic N) is 1. The Bertz CT molecular complexity index is 458. The fourth-order valence-electron chi connectivity index (χ4n) is 2.23. The second kappa shape index (κ2) is 5.89. The van der Waals surface area contributed by atoms with E-state index in [-0.39, 0.29) is 18.6 Å². The Hall–Kier alpha value is -1.81. The van der Waals surface area contributed by atoms with Crippen LogP contribution in [0.3, 0.4) is 0 Å². The molecule has 0 aromatic heterocycles. The van der Waals surface area contributed by atoms with E-state index in [0.29, 0.717) is 13.1 Å². The maximum Gasteiger partial charge on any atom is 0.410 e. The summed E-state index contributed by atoms with van der Waals surface area (Å²) in [5.41, 5.74) is 1.85. The van der Waals surface area contributed by atoms with Gasteiger partial charge in [-0.05, 0) is 12.5 Å². The third-order valence-electron chi connectivity index (χ3n) is 3.39. The molecule has 2 rings (SSSR count). The Morgan fingerprint density at radius 3 is 2.68 bits per heavy atom. The van der Waals surface area contributed by atoms with E-state index in [9.17, 15) is 9.90 Å². The maximum atomic E-state index is 11.9. The zero-order valence-electron chi connectivity index (χ0n) is 11.1. The molecule has 1 aromatic rings. The van der Waals surface area contributed by atoms with Crippen molar-refractivity contribution in [2.45, 2.75) is 19.6 Å². The van der Waals surface area contributed by atoms with Gasteiger partial charge in [0.1, 0.15) is 6.61 Å². The second-order valence-corrected chi connectivity index (χ2v) is 4.97. The lowest BCUT2D eigenvalue weighted by Crippen LogP contribution is -2.30. The van der Waals surface area contributed by atoms with E-state index in [1.807, 2.05) is 37.3 Å². The molecule has 0 saturated carbocycles. The summed E-state index contributed by atoms with van der Waals surface area (Å²) < 4.78 is 5.23. The quantitative estimate of drug-likeness (QED) is 0.849. The van der Waals surface area contributed by atoms with E-state index >= 15 is 0 Å². The zero-order valence-corrected chi connectivity index (χ0v) is 11.1. The molecule has 0 unspecified atom stereocenters. The molecule has 1 fully saturated rings. The number of likely N-dealkylation sites (tertiary alicyclic amines) is 1. The van der Waals surface area contributed by atoms with Crippen LogP contribution in [0.2, 0.25) is 0 Å². The molecule has 4 heteroatoms. The Balaban J connectivity index is 1.86. The van der Waals surface area contributed by atoms with Gasteiger partial charge in [-0.15, -0.1) is 0 Å². The molecule has 1 heterocycles. The summed E-state index contributed by atoms with van der Waals surface area (Å²) in [7, 11) is 0. The van der Waals surface area contributed by atoms with Crippen LogP contribution in [0.5, 0.6) is 0 Å². The summed E-state index contributed by atoms with van der Waals surface area (Å²) >= 11 is 0. The second-order valence-electron chi connectivity index (χ2n) is 4.97. The molecule has 0 spiro atoms. The van der Waals surface area contributed by atoms with Gasteiger partial charge in [-0.3, -0.25) is 0 Å². The topological polar surface area (TPSA) is 49.8 Å². The average molecular weight is 261 g/mol.